The van der Waals surface area contributed by atoms with E-state index < -0.39 is 0 Å². The average Bonchev–Trinajstić information content (AvgIpc) is 3.22. The lowest BCUT2D eigenvalue weighted by Gasteiger charge is -2.06. The fourth-order valence-electron chi connectivity index (χ4n) is 2.95. The smallest absolute Gasteiger partial charge is 0.137 e. The van der Waals surface area contributed by atoms with Gasteiger partial charge in [-0.15, -0.1) is 10.2 Å². The molecule has 0 spiro atoms. The van der Waals surface area contributed by atoms with Gasteiger partial charge in [0.15, 0.2) is 0 Å². The number of nitrogens with zero attached hydrogens (tertiary/aromatic N) is 3. The van der Waals surface area contributed by atoms with Gasteiger partial charge in [-0.1, -0.05) is 48.5 Å². The lowest BCUT2D eigenvalue weighted by molar-refractivity contribution is 0.661. The van der Waals surface area contributed by atoms with E-state index in [0.717, 1.165) is 30.7 Å². The van der Waals surface area contributed by atoms with Crippen molar-refractivity contribution in [2.75, 3.05) is 0 Å². The van der Waals surface area contributed by atoms with Gasteiger partial charge in [-0.05, 0) is 23.6 Å². The first-order valence-corrected chi connectivity index (χ1v) is 7.86. The summed E-state index contributed by atoms with van der Waals surface area (Å²) in [4.78, 5) is 3.32. The van der Waals surface area contributed by atoms with Crippen molar-refractivity contribution in [2.45, 2.75) is 19.4 Å². The molecule has 0 aliphatic heterocycles. The van der Waals surface area contributed by atoms with Crippen molar-refractivity contribution in [3.63, 3.8) is 0 Å². The molecule has 0 bridgehead atoms. The van der Waals surface area contributed by atoms with Crippen molar-refractivity contribution < 1.29 is 0 Å². The van der Waals surface area contributed by atoms with Crippen molar-refractivity contribution in [2.24, 2.45) is 0 Å². The minimum atomic E-state index is 0.790. The number of rotatable bonds is 5. The molecule has 0 radical (unpaired) electrons. The van der Waals surface area contributed by atoms with Crippen LogP contribution < -0.4 is 0 Å². The Hall–Kier alpha value is -2.88. The second-order valence-electron chi connectivity index (χ2n) is 5.71. The molecular weight excluding hydrogens is 284 g/mol. The molecule has 2 aromatic carbocycles. The number of aromatic amines is 1. The molecule has 4 nitrogen and oxygen atoms in total. The normalized spacial score (nSPS) is 11.1. The maximum atomic E-state index is 4.31. The molecule has 114 valence electrons. The molecule has 0 atom stereocenters. The highest BCUT2D eigenvalue weighted by Gasteiger charge is 2.09. The first kappa shape index (κ1) is 13.8. The molecule has 4 rings (SSSR count). The standard InChI is InChI=1S/C19H18N4/c1-2-6-15(7-3-1)10-11-23-14-21-22-19(23)12-16-13-20-18-9-5-4-8-17(16)18/h1-9,13-14,20H,10-12H2. The molecule has 0 fully saturated rings. The van der Waals surface area contributed by atoms with Crippen LogP contribution in [0, 0.1) is 0 Å². The molecule has 0 aliphatic rings. The van der Waals surface area contributed by atoms with Gasteiger partial charge in [-0.25, -0.2) is 0 Å². The summed E-state index contributed by atoms with van der Waals surface area (Å²) in [6.45, 7) is 0.898. The van der Waals surface area contributed by atoms with Crippen LogP contribution in [-0.2, 0) is 19.4 Å². The number of aromatic nitrogens is 4. The lowest BCUT2D eigenvalue weighted by atomic mass is 10.1. The minimum absolute atomic E-state index is 0.790. The Morgan fingerprint density at radius 2 is 1.78 bits per heavy atom. The number of H-pyrrole nitrogens is 1. The van der Waals surface area contributed by atoms with Crippen LogP contribution in [0.1, 0.15) is 17.0 Å². The average molecular weight is 302 g/mol. The third kappa shape index (κ3) is 2.88. The van der Waals surface area contributed by atoms with Crippen molar-refractivity contribution in [1.29, 1.82) is 0 Å². The molecule has 4 aromatic rings. The molecule has 23 heavy (non-hydrogen) atoms. The van der Waals surface area contributed by atoms with Crippen molar-refractivity contribution in [3.8, 4) is 0 Å². The number of hydrogen-bond acceptors (Lipinski definition) is 2. The lowest BCUT2D eigenvalue weighted by Crippen LogP contribution is -2.06. The zero-order valence-corrected chi connectivity index (χ0v) is 12.8. The third-order valence-corrected chi connectivity index (χ3v) is 4.20. The van der Waals surface area contributed by atoms with Gasteiger partial charge in [-0.3, -0.25) is 0 Å². The van der Waals surface area contributed by atoms with Gasteiger partial charge in [-0.2, -0.15) is 0 Å². The monoisotopic (exact) mass is 302 g/mol. The van der Waals surface area contributed by atoms with Gasteiger partial charge in [0.05, 0.1) is 0 Å². The van der Waals surface area contributed by atoms with Crippen LogP contribution in [0.15, 0.2) is 67.1 Å². The van der Waals surface area contributed by atoms with Crippen LogP contribution in [0.4, 0.5) is 0 Å². The Morgan fingerprint density at radius 3 is 2.70 bits per heavy atom. The molecule has 2 aromatic heterocycles. The molecule has 0 saturated carbocycles. The predicted octanol–water partition coefficient (Wildman–Crippen LogP) is 3.59. The molecule has 0 unspecified atom stereocenters. The maximum Gasteiger partial charge on any atom is 0.137 e. The summed E-state index contributed by atoms with van der Waals surface area (Å²) in [5.74, 6) is 1.01. The Morgan fingerprint density at radius 1 is 0.957 bits per heavy atom. The van der Waals surface area contributed by atoms with Gasteiger partial charge < -0.3 is 9.55 Å². The summed E-state index contributed by atoms with van der Waals surface area (Å²) in [5, 5.41) is 9.66. The Labute approximate surface area is 134 Å². The van der Waals surface area contributed by atoms with Crippen LogP contribution in [0.5, 0.6) is 0 Å². The summed E-state index contributed by atoms with van der Waals surface area (Å²) in [6, 6.07) is 18.9. The van der Waals surface area contributed by atoms with Gasteiger partial charge in [0.25, 0.3) is 0 Å². The summed E-state index contributed by atoms with van der Waals surface area (Å²) in [5.41, 5.74) is 3.76. The zero-order valence-electron chi connectivity index (χ0n) is 12.8. The predicted molar refractivity (Wildman–Crippen MR) is 91.3 cm³/mol. The fraction of sp³-hybridized carbons (Fsp3) is 0.158. The Bertz CT molecular complexity index is 905. The highest BCUT2D eigenvalue weighted by Crippen LogP contribution is 2.20. The number of fused-ring (bicyclic) bond motifs is 1. The number of benzene rings is 2. The van der Waals surface area contributed by atoms with Gasteiger partial charge >= 0.3 is 0 Å². The number of hydrogen-bond donors (Lipinski definition) is 1. The topological polar surface area (TPSA) is 46.5 Å². The van der Waals surface area contributed by atoms with Crippen LogP contribution in [0.2, 0.25) is 0 Å². The molecule has 1 N–H and O–H groups in total. The van der Waals surface area contributed by atoms with E-state index in [-0.39, 0.29) is 0 Å². The molecule has 0 saturated heterocycles. The van der Waals surface area contributed by atoms with Crippen molar-refractivity contribution in [3.05, 3.63) is 84.1 Å². The summed E-state index contributed by atoms with van der Waals surface area (Å²) < 4.78 is 2.15. The van der Waals surface area contributed by atoms with Gasteiger partial charge in [0, 0.05) is 30.1 Å². The molecule has 0 aliphatic carbocycles. The SMILES string of the molecule is c1ccc(CCn2cnnc2Cc2c[nH]c3ccccc23)cc1. The number of para-hydroxylation sites is 1. The summed E-state index contributed by atoms with van der Waals surface area (Å²) >= 11 is 0. The maximum absolute atomic E-state index is 4.31. The van der Waals surface area contributed by atoms with Crippen LogP contribution in [0.3, 0.4) is 0 Å². The van der Waals surface area contributed by atoms with E-state index in [4.69, 9.17) is 0 Å². The summed E-state index contributed by atoms with van der Waals surface area (Å²) in [7, 11) is 0. The van der Waals surface area contributed by atoms with Crippen LogP contribution in [0.25, 0.3) is 10.9 Å². The fourth-order valence-corrected chi connectivity index (χ4v) is 2.95. The van der Waals surface area contributed by atoms with E-state index in [0.29, 0.717) is 0 Å². The summed E-state index contributed by atoms with van der Waals surface area (Å²) in [6.07, 6.45) is 5.67. The Balaban J connectivity index is 1.53. The van der Waals surface area contributed by atoms with Gasteiger partial charge in [0.1, 0.15) is 12.2 Å². The van der Waals surface area contributed by atoms with Crippen LogP contribution in [-0.4, -0.2) is 19.7 Å². The van der Waals surface area contributed by atoms with E-state index in [9.17, 15) is 0 Å². The third-order valence-electron chi connectivity index (χ3n) is 4.20. The second kappa shape index (κ2) is 6.08. The van der Waals surface area contributed by atoms with Crippen molar-refractivity contribution >= 4 is 10.9 Å². The molecule has 4 heteroatoms. The zero-order chi connectivity index (χ0) is 15.5. The van der Waals surface area contributed by atoms with Crippen molar-refractivity contribution in [1.82, 2.24) is 19.7 Å². The molecular formula is C19H18N4. The first-order chi connectivity index (χ1) is 11.4. The van der Waals surface area contributed by atoms with Crippen LogP contribution >= 0.6 is 0 Å². The van der Waals surface area contributed by atoms with Gasteiger partial charge in [0.2, 0.25) is 0 Å². The molecule has 2 heterocycles. The van der Waals surface area contributed by atoms with E-state index in [1.165, 1.54) is 16.5 Å². The highest BCUT2D eigenvalue weighted by molar-refractivity contribution is 5.83. The minimum Gasteiger partial charge on any atom is -0.361 e. The Kier molecular flexibility index (Phi) is 3.64. The quantitative estimate of drug-likeness (QED) is 0.612. The first-order valence-electron chi connectivity index (χ1n) is 7.86. The second-order valence-corrected chi connectivity index (χ2v) is 5.71. The van der Waals surface area contributed by atoms with E-state index in [1.807, 2.05) is 18.5 Å². The molecule has 0 amide bonds. The largest absolute Gasteiger partial charge is 0.361 e. The van der Waals surface area contributed by atoms with E-state index in [1.54, 1.807) is 0 Å². The number of nitrogens with one attached hydrogen (secondary N) is 1. The number of aryl methyl sites for hydroxylation is 2. The van der Waals surface area contributed by atoms with E-state index >= 15 is 0 Å². The highest BCUT2D eigenvalue weighted by atomic mass is 15.3. The van der Waals surface area contributed by atoms with E-state index in [2.05, 4.69) is 68.4 Å².